The number of aromatic nitrogens is 2. The van der Waals surface area contributed by atoms with Crippen LogP contribution in [0.25, 0.3) is 21.8 Å². The van der Waals surface area contributed by atoms with Crippen LogP contribution < -0.4 is 10.6 Å². The Morgan fingerprint density at radius 2 is 1.78 bits per heavy atom. The van der Waals surface area contributed by atoms with Gasteiger partial charge in [0.25, 0.3) is 5.91 Å². The smallest absolute Gasteiger partial charge is 0.269 e. The van der Waals surface area contributed by atoms with Crippen molar-refractivity contribution in [3.05, 3.63) is 76.6 Å². The summed E-state index contributed by atoms with van der Waals surface area (Å²) in [5.41, 5.74) is 4.02. The van der Waals surface area contributed by atoms with Gasteiger partial charge in [0.1, 0.15) is 9.88 Å². The molecule has 32 heavy (non-hydrogen) atoms. The first-order valence-corrected chi connectivity index (χ1v) is 11.9. The van der Waals surface area contributed by atoms with E-state index in [2.05, 4.69) is 32.7 Å². The van der Waals surface area contributed by atoms with Gasteiger partial charge >= 0.3 is 0 Å². The summed E-state index contributed by atoms with van der Waals surface area (Å²) >= 11 is 2.75. The SMILES string of the molecule is CC(=O)NCCCc1ccc(-c2csc(NC(=O)c3cnc(-c4ccccc4)s3)n2)cc1. The average molecular weight is 463 g/mol. The second kappa shape index (κ2) is 10.3. The maximum absolute atomic E-state index is 12.6. The van der Waals surface area contributed by atoms with Crippen LogP contribution in [0.1, 0.15) is 28.6 Å². The van der Waals surface area contributed by atoms with E-state index in [-0.39, 0.29) is 11.8 Å². The summed E-state index contributed by atoms with van der Waals surface area (Å²) in [4.78, 5) is 33.0. The second-order valence-corrected chi connectivity index (χ2v) is 9.06. The molecule has 2 aromatic carbocycles. The third kappa shape index (κ3) is 5.66. The van der Waals surface area contributed by atoms with E-state index in [0.29, 0.717) is 16.6 Å². The molecule has 0 aliphatic heterocycles. The molecule has 2 aromatic heterocycles. The van der Waals surface area contributed by atoms with Crippen molar-refractivity contribution >= 4 is 39.6 Å². The molecule has 2 heterocycles. The van der Waals surface area contributed by atoms with E-state index in [1.165, 1.54) is 35.2 Å². The van der Waals surface area contributed by atoms with Gasteiger partial charge in [-0.3, -0.25) is 14.9 Å². The number of aryl methyl sites for hydroxylation is 1. The lowest BCUT2D eigenvalue weighted by Crippen LogP contribution is -2.21. The Balaban J connectivity index is 1.35. The predicted molar refractivity (Wildman–Crippen MR) is 130 cm³/mol. The molecule has 0 bridgehead atoms. The molecule has 0 aliphatic rings. The summed E-state index contributed by atoms with van der Waals surface area (Å²) < 4.78 is 0. The van der Waals surface area contributed by atoms with Crippen LogP contribution in [0, 0.1) is 0 Å². The Labute approximate surface area is 194 Å². The molecule has 6 nitrogen and oxygen atoms in total. The van der Waals surface area contributed by atoms with Gasteiger partial charge in [0.15, 0.2) is 5.13 Å². The fraction of sp³-hybridized carbons (Fsp3) is 0.167. The molecule has 0 atom stereocenters. The Hall–Kier alpha value is -3.36. The molecule has 0 saturated carbocycles. The second-order valence-electron chi connectivity index (χ2n) is 7.17. The maximum Gasteiger partial charge on any atom is 0.269 e. The molecule has 162 valence electrons. The highest BCUT2D eigenvalue weighted by Crippen LogP contribution is 2.28. The van der Waals surface area contributed by atoms with Crippen LogP contribution in [0.3, 0.4) is 0 Å². The largest absolute Gasteiger partial charge is 0.356 e. The van der Waals surface area contributed by atoms with Crippen LogP contribution >= 0.6 is 22.7 Å². The van der Waals surface area contributed by atoms with E-state index in [9.17, 15) is 9.59 Å². The minimum absolute atomic E-state index is 0.00116. The van der Waals surface area contributed by atoms with Crippen molar-refractivity contribution in [1.82, 2.24) is 15.3 Å². The number of hydrogen-bond acceptors (Lipinski definition) is 6. The van der Waals surface area contributed by atoms with Crippen molar-refractivity contribution in [2.24, 2.45) is 0 Å². The number of rotatable bonds is 8. The average Bonchev–Trinajstić information content (AvgIpc) is 3.48. The number of nitrogens with one attached hydrogen (secondary N) is 2. The standard InChI is InChI=1S/C24H22N4O2S2/c1-16(29)25-13-5-6-17-9-11-18(12-10-17)20-15-31-24(27-20)28-22(30)21-14-26-23(32-21)19-7-3-2-4-8-19/h2-4,7-12,14-15H,5-6,13H2,1H3,(H,25,29)(H,27,28,30). The fourth-order valence-corrected chi connectivity index (χ4v) is 4.65. The van der Waals surface area contributed by atoms with Crippen molar-refractivity contribution in [3.8, 4) is 21.8 Å². The predicted octanol–water partition coefficient (Wildman–Crippen LogP) is 5.25. The molecule has 2 N–H and O–H groups in total. The highest BCUT2D eigenvalue weighted by Gasteiger charge is 2.14. The topological polar surface area (TPSA) is 84.0 Å². The molecule has 0 unspecified atom stereocenters. The first-order valence-electron chi connectivity index (χ1n) is 10.2. The first-order chi connectivity index (χ1) is 15.6. The minimum Gasteiger partial charge on any atom is -0.356 e. The molecular formula is C24H22N4O2S2. The van der Waals surface area contributed by atoms with Crippen molar-refractivity contribution in [1.29, 1.82) is 0 Å². The highest BCUT2D eigenvalue weighted by molar-refractivity contribution is 7.17. The van der Waals surface area contributed by atoms with E-state index in [4.69, 9.17) is 0 Å². The summed E-state index contributed by atoms with van der Waals surface area (Å²) in [5.74, 6) is -0.209. The maximum atomic E-state index is 12.6. The molecule has 0 radical (unpaired) electrons. The quantitative estimate of drug-likeness (QED) is 0.350. The highest BCUT2D eigenvalue weighted by atomic mass is 32.1. The van der Waals surface area contributed by atoms with E-state index in [1.807, 2.05) is 47.8 Å². The zero-order valence-corrected chi connectivity index (χ0v) is 19.1. The molecule has 8 heteroatoms. The lowest BCUT2D eigenvalue weighted by molar-refractivity contribution is -0.118. The number of carbonyl (C=O) groups is 2. The van der Waals surface area contributed by atoms with Crippen LogP contribution in [-0.2, 0) is 11.2 Å². The van der Waals surface area contributed by atoms with Crippen LogP contribution in [0.2, 0.25) is 0 Å². The Kier molecular flexibility index (Phi) is 7.03. The molecule has 4 rings (SSSR count). The van der Waals surface area contributed by atoms with Crippen LogP contribution in [0.15, 0.2) is 66.2 Å². The third-order valence-corrected chi connectivity index (χ3v) is 6.54. The van der Waals surface area contributed by atoms with Gasteiger partial charge in [-0.1, -0.05) is 54.6 Å². The number of anilines is 1. The number of thiazole rings is 2. The number of nitrogens with zero attached hydrogens (tertiary/aromatic N) is 2. The molecule has 0 aliphatic carbocycles. The van der Waals surface area contributed by atoms with Gasteiger partial charge in [0, 0.05) is 30.0 Å². The van der Waals surface area contributed by atoms with Crippen LogP contribution in [-0.4, -0.2) is 28.3 Å². The van der Waals surface area contributed by atoms with Gasteiger partial charge < -0.3 is 5.32 Å². The molecular weight excluding hydrogens is 440 g/mol. The number of amides is 2. The minimum atomic E-state index is -0.208. The van der Waals surface area contributed by atoms with E-state index in [0.717, 1.165) is 34.7 Å². The Morgan fingerprint density at radius 3 is 2.53 bits per heavy atom. The fourth-order valence-electron chi connectivity index (χ4n) is 3.11. The number of hydrogen-bond donors (Lipinski definition) is 2. The summed E-state index contributed by atoms with van der Waals surface area (Å²) in [6.45, 7) is 2.21. The molecule has 0 saturated heterocycles. The van der Waals surface area contributed by atoms with Crippen LogP contribution in [0.5, 0.6) is 0 Å². The van der Waals surface area contributed by atoms with Gasteiger partial charge in [-0.15, -0.1) is 22.7 Å². The van der Waals surface area contributed by atoms with E-state index < -0.39 is 0 Å². The normalized spacial score (nSPS) is 10.7. The van der Waals surface area contributed by atoms with Gasteiger partial charge in [-0.2, -0.15) is 0 Å². The van der Waals surface area contributed by atoms with Crippen molar-refractivity contribution in [2.45, 2.75) is 19.8 Å². The zero-order valence-electron chi connectivity index (χ0n) is 17.5. The molecule has 0 spiro atoms. The molecule has 4 aromatic rings. The van der Waals surface area contributed by atoms with E-state index in [1.54, 1.807) is 6.20 Å². The zero-order chi connectivity index (χ0) is 22.3. The summed E-state index contributed by atoms with van der Waals surface area (Å²) in [7, 11) is 0. The molecule has 2 amide bonds. The Bertz CT molecular complexity index is 1200. The van der Waals surface area contributed by atoms with Gasteiger partial charge in [0.2, 0.25) is 5.91 Å². The Morgan fingerprint density at radius 1 is 1.00 bits per heavy atom. The van der Waals surface area contributed by atoms with Crippen LogP contribution in [0.4, 0.5) is 5.13 Å². The van der Waals surface area contributed by atoms with Gasteiger partial charge in [0.05, 0.1) is 11.9 Å². The number of benzene rings is 2. The summed E-state index contributed by atoms with van der Waals surface area (Å²) in [5, 5.41) is 8.98. The molecule has 0 fully saturated rings. The third-order valence-electron chi connectivity index (χ3n) is 4.74. The lowest BCUT2D eigenvalue weighted by atomic mass is 10.1. The van der Waals surface area contributed by atoms with Crippen molar-refractivity contribution in [2.75, 3.05) is 11.9 Å². The van der Waals surface area contributed by atoms with Crippen molar-refractivity contribution in [3.63, 3.8) is 0 Å². The van der Waals surface area contributed by atoms with Gasteiger partial charge in [-0.25, -0.2) is 9.97 Å². The monoisotopic (exact) mass is 462 g/mol. The lowest BCUT2D eigenvalue weighted by Gasteiger charge is -2.04. The van der Waals surface area contributed by atoms with Crippen molar-refractivity contribution < 1.29 is 9.59 Å². The van der Waals surface area contributed by atoms with Gasteiger partial charge in [-0.05, 0) is 18.4 Å². The summed E-state index contributed by atoms with van der Waals surface area (Å²) in [6, 6.07) is 18.0. The van der Waals surface area contributed by atoms with E-state index >= 15 is 0 Å². The number of carbonyl (C=O) groups excluding carboxylic acids is 2. The summed E-state index contributed by atoms with van der Waals surface area (Å²) in [6.07, 6.45) is 3.40. The first kappa shape index (κ1) is 21.9.